The summed E-state index contributed by atoms with van der Waals surface area (Å²) in [5.41, 5.74) is -0.172. The first kappa shape index (κ1) is 24.6. The van der Waals surface area contributed by atoms with E-state index in [1.54, 1.807) is 6.92 Å². The minimum Gasteiger partial charge on any atom is -0.490 e. The van der Waals surface area contributed by atoms with Crippen LogP contribution in [0.15, 0.2) is 18.3 Å². The summed E-state index contributed by atoms with van der Waals surface area (Å²) in [5.74, 6) is -11.0. The SMILES string of the molecule is CCOc1cnc(N(OC(=O)C(F)(F)F)C(C)=O)cc1Nc1cc(F)nc(C(C)(F)F)n1. The highest BCUT2D eigenvalue weighted by Gasteiger charge is 2.43. The van der Waals surface area contributed by atoms with Gasteiger partial charge in [-0.15, -0.1) is 5.06 Å². The molecule has 0 atom stereocenters. The summed E-state index contributed by atoms with van der Waals surface area (Å²) in [4.78, 5) is 37.1. The first-order valence-corrected chi connectivity index (χ1v) is 8.65. The molecule has 0 radical (unpaired) electrons. The number of nitrogens with one attached hydrogen (secondary N) is 1. The maximum atomic E-state index is 13.7. The Bertz CT molecular complexity index is 1010. The van der Waals surface area contributed by atoms with Gasteiger partial charge >= 0.3 is 18.1 Å². The van der Waals surface area contributed by atoms with Gasteiger partial charge in [-0.1, -0.05) is 0 Å². The van der Waals surface area contributed by atoms with Gasteiger partial charge in [-0.2, -0.15) is 31.3 Å². The molecule has 0 saturated carbocycles. The fourth-order valence-corrected chi connectivity index (χ4v) is 2.13. The molecule has 1 amide bonds. The van der Waals surface area contributed by atoms with Crippen molar-refractivity contribution >= 4 is 29.2 Å². The van der Waals surface area contributed by atoms with Crippen molar-refractivity contribution in [3.8, 4) is 5.75 Å². The molecule has 0 aliphatic heterocycles. The van der Waals surface area contributed by atoms with Crippen LogP contribution in [0.4, 0.5) is 43.7 Å². The molecular weight excluding hydrogens is 452 g/mol. The molecule has 0 fully saturated rings. The van der Waals surface area contributed by atoms with E-state index in [2.05, 4.69) is 25.1 Å². The largest absolute Gasteiger partial charge is 0.493 e. The molecule has 0 saturated heterocycles. The molecule has 15 heteroatoms. The topological polar surface area (TPSA) is 107 Å². The van der Waals surface area contributed by atoms with Gasteiger partial charge < -0.3 is 14.9 Å². The number of hydroxylamine groups is 1. The standard InChI is InChI=1S/C17H15F6N5O4/c1-4-31-10-7-24-13(28(8(2)29)32-15(30)17(21,22)23)5-9(10)25-12-6-11(18)26-14(27-12)16(3,19)20/h5-7H,4H2,1-3H3,(H,24,25,26,27). The number of halogens is 6. The summed E-state index contributed by atoms with van der Waals surface area (Å²) in [6.07, 6.45) is -4.45. The predicted molar refractivity (Wildman–Crippen MR) is 95.6 cm³/mol. The van der Waals surface area contributed by atoms with Crippen molar-refractivity contribution in [3.63, 3.8) is 0 Å². The van der Waals surface area contributed by atoms with Gasteiger partial charge in [0.1, 0.15) is 5.82 Å². The van der Waals surface area contributed by atoms with Gasteiger partial charge in [0.25, 0.3) is 5.91 Å². The van der Waals surface area contributed by atoms with E-state index in [1.165, 1.54) is 0 Å². The van der Waals surface area contributed by atoms with E-state index in [-0.39, 0.29) is 23.1 Å². The predicted octanol–water partition coefficient (Wildman–Crippen LogP) is 3.64. The third kappa shape index (κ3) is 6.18. The van der Waals surface area contributed by atoms with Crippen LogP contribution in [0.1, 0.15) is 26.6 Å². The number of amides is 1. The number of hydrogen-bond donors (Lipinski definition) is 1. The summed E-state index contributed by atoms with van der Waals surface area (Å²) in [5, 5.41) is 2.40. The van der Waals surface area contributed by atoms with Crippen molar-refractivity contribution < 1.29 is 45.5 Å². The quantitative estimate of drug-likeness (QED) is 0.390. The summed E-state index contributed by atoms with van der Waals surface area (Å²) in [6, 6.07) is 1.57. The van der Waals surface area contributed by atoms with Crippen LogP contribution in [-0.2, 0) is 20.3 Å². The number of carbonyl (C=O) groups excluding carboxylic acids is 2. The first-order valence-electron chi connectivity index (χ1n) is 8.65. The Morgan fingerprint density at radius 3 is 2.34 bits per heavy atom. The molecule has 2 heterocycles. The van der Waals surface area contributed by atoms with Crippen LogP contribution in [-0.4, -0.2) is 39.6 Å². The van der Waals surface area contributed by atoms with Crippen LogP contribution in [0.2, 0.25) is 0 Å². The maximum Gasteiger partial charge on any atom is 0.493 e. The summed E-state index contributed by atoms with van der Waals surface area (Å²) in [6.45, 7) is 2.89. The number of nitrogens with zero attached hydrogens (tertiary/aromatic N) is 4. The van der Waals surface area contributed by atoms with E-state index in [1.807, 2.05) is 0 Å². The Hall–Kier alpha value is -3.65. The Kier molecular flexibility index (Phi) is 7.10. The van der Waals surface area contributed by atoms with E-state index in [4.69, 9.17) is 4.74 Å². The normalized spacial score (nSPS) is 11.7. The molecule has 9 nitrogen and oxygen atoms in total. The molecule has 0 aliphatic rings. The van der Waals surface area contributed by atoms with E-state index in [9.17, 15) is 35.9 Å². The lowest BCUT2D eigenvalue weighted by molar-refractivity contribution is -0.201. The number of rotatable bonds is 6. The molecule has 174 valence electrons. The Morgan fingerprint density at radius 1 is 1.16 bits per heavy atom. The zero-order valence-electron chi connectivity index (χ0n) is 16.6. The molecule has 0 spiro atoms. The Morgan fingerprint density at radius 2 is 1.81 bits per heavy atom. The highest BCUT2D eigenvalue weighted by molar-refractivity contribution is 5.92. The van der Waals surface area contributed by atoms with Crippen LogP contribution < -0.4 is 15.1 Å². The van der Waals surface area contributed by atoms with E-state index < -0.39 is 47.4 Å². The average Bonchev–Trinajstić information content (AvgIpc) is 2.65. The highest BCUT2D eigenvalue weighted by Crippen LogP contribution is 2.32. The van der Waals surface area contributed by atoms with Crippen molar-refractivity contribution in [3.05, 3.63) is 30.1 Å². The second kappa shape index (κ2) is 9.23. The van der Waals surface area contributed by atoms with Crippen LogP contribution >= 0.6 is 0 Å². The number of hydrogen-bond acceptors (Lipinski definition) is 8. The zero-order valence-corrected chi connectivity index (χ0v) is 16.6. The fourth-order valence-electron chi connectivity index (χ4n) is 2.13. The van der Waals surface area contributed by atoms with E-state index in [0.717, 1.165) is 19.2 Å². The van der Waals surface area contributed by atoms with Crippen molar-refractivity contribution in [2.75, 3.05) is 17.0 Å². The molecule has 2 aromatic rings. The number of carbonyl (C=O) groups is 2. The molecule has 0 bridgehead atoms. The molecular formula is C17H15F6N5O4. The monoisotopic (exact) mass is 467 g/mol. The van der Waals surface area contributed by atoms with Gasteiger partial charge in [0.15, 0.2) is 11.6 Å². The van der Waals surface area contributed by atoms with Gasteiger partial charge in [-0.05, 0) is 6.92 Å². The van der Waals surface area contributed by atoms with Gasteiger partial charge in [-0.25, -0.2) is 14.8 Å². The minimum absolute atomic E-state index is 0.0388. The molecule has 2 rings (SSSR count). The minimum atomic E-state index is -5.40. The second-order valence-corrected chi connectivity index (χ2v) is 6.07. The van der Waals surface area contributed by atoms with Crippen LogP contribution in [0, 0.1) is 5.95 Å². The lowest BCUT2D eigenvalue weighted by Gasteiger charge is -2.21. The Balaban J connectivity index is 2.49. The van der Waals surface area contributed by atoms with Gasteiger partial charge in [-0.3, -0.25) is 4.79 Å². The number of alkyl halides is 5. The third-order valence-electron chi connectivity index (χ3n) is 3.40. The summed E-state index contributed by atoms with van der Waals surface area (Å²) in [7, 11) is 0. The number of ether oxygens (including phenoxy) is 1. The lowest BCUT2D eigenvalue weighted by atomic mass is 10.3. The van der Waals surface area contributed by atoms with Crippen molar-refractivity contribution in [2.24, 2.45) is 0 Å². The summed E-state index contributed by atoms with van der Waals surface area (Å²) < 4.78 is 83.5. The first-order chi connectivity index (χ1) is 14.7. The molecule has 1 N–H and O–H groups in total. The van der Waals surface area contributed by atoms with E-state index in [0.29, 0.717) is 13.0 Å². The molecule has 0 aromatic carbocycles. The number of anilines is 3. The maximum absolute atomic E-state index is 13.7. The molecule has 0 unspecified atom stereocenters. The zero-order chi connectivity index (χ0) is 24.3. The van der Waals surface area contributed by atoms with Crippen molar-refractivity contribution in [1.82, 2.24) is 15.0 Å². The average molecular weight is 467 g/mol. The van der Waals surface area contributed by atoms with Gasteiger partial charge in [0.05, 0.1) is 18.5 Å². The summed E-state index contributed by atoms with van der Waals surface area (Å²) >= 11 is 0. The highest BCUT2D eigenvalue weighted by atomic mass is 19.4. The molecule has 2 aromatic heterocycles. The van der Waals surface area contributed by atoms with Gasteiger partial charge in [0.2, 0.25) is 11.8 Å². The second-order valence-electron chi connectivity index (χ2n) is 6.07. The third-order valence-corrected chi connectivity index (χ3v) is 3.40. The number of pyridine rings is 1. The Labute approximate surface area is 176 Å². The lowest BCUT2D eigenvalue weighted by Crippen LogP contribution is -2.38. The van der Waals surface area contributed by atoms with Crippen LogP contribution in [0.5, 0.6) is 5.75 Å². The van der Waals surface area contributed by atoms with Crippen molar-refractivity contribution in [2.45, 2.75) is 32.9 Å². The smallest absolute Gasteiger partial charge is 0.490 e. The molecule has 32 heavy (non-hydrogen) atoms. The number of aromatic nitrogens is 3. The van der Waals surface area contributed by atoms with Crippen LogP contribution in [0.25, 0.3) is 0 Å². The van der Waals surface area contributed by atoms with Crippen LogP contribution in [0.3, 0.4) is 0 Å². The van der Waals surface area contributed by atoms with Crippen molar-refractivity contribution in [1.29, 1.82) is 0 Å². The van der Waals surface area contributed by atoms with E-state index >= 15 is 0 Å². The molecule has 0 aliphatic carbocycles. The van der Waals surface area contributed by atoms with Gasteiger partial charge in [0, 0.05) is 26.0 Å². The fraction of sp³-hybridized carbons (Fsp3) is 0.353.